The highest BCUT2D eigenvalue weighted by Gasteiger charge is 2.37. The number of rotatable bonds is 3. The SMILES string of the molecule is CC(C)C(=O)Nc1ccc2c(c1)C1C=CCC1C(c1ccccc1)N2. The highest BCUT2D eigenvalue weighted by molar-refractivity contribution is 5.92. The van der Waals surface area contributed by atoms with Gasteiger partial charge in [-0.05, 0) is 41.7 Å². The zero-order valence-electron chi connectivity index (χ0n) is 14.7. The molecule has 3 nitrogen and oxygen atoms in total. The van der Waals surface area contributed by atoms with E-state index in [1.165, 1.54) is 16.8 Å². The molecule has 1 aliphatic heterocycles. The Bertz CT molecular complexity index is 810. The molecule has 0 saturated heterocycles. The van der Waals surface area contributed by atoms with Gasteiger partial charge < -0.3 is 10.6 Å². The molecule has 3 atom stereocenters. The van der Waals surface area contributed by atoms with Gasteiger partial charge in [0.05, 0.1) is 6.04 Å². The molecule has 3 unspecified atom stereocenters. The van der Waals surface area contributed by atoms with Gasteiger partial charge in [-0.15, -0.1) is 0 Å². The Hall–Kier alpha value is -2.55. The number of nitrogens with one attached hydrogen (secondary N) is 2. The first-order valence-electron chi connectivity index (χ1n) is 9.06. The van der Waals surface area contributed by atoms with E-state index < -0.39 is 0 Å². The van der Waals surface area contributed by atoms with E-state index in [-0.39, 0.29) is 11.8 Å². The average Bonchev–Trinajstić information content (AvgIpc) is 3.12. The summed E-state index contributed by atoms with van der Waals surface area (Å²) in [6, 6.07) is 17.2. The summed E-state index contributed by atoms with van der Waals surface area (Å²) in [6.45, 7) is 3.82. The Morgan fingerprint density at radius 3 is 2.72 bits per heavy atom. The smallest absolute Gasteiger partial charge is 0.226 e. The van der Waals surface area contributed by atoms with E-state index >= 15 is 0 Å². The van der Waals surface area contributed by atoms with Crippen molar-refractivity contribution in [2.45, 2.75) is 32.2 Å². The molecule has 2 N–H and O–H groups in total. The molecule has 2 aromatic carbocycles. The maximum atomic E-state index is 12.0. The summed E-state index contributed by atoms with van der Waals surface area (Å²) in [5, 5.41) is 6.76. The zero-order valence-corrected chi connectivity index (χ0v) is 14.7. The minimum atomic E-state index is -0.0178. The van der Waals surface area contributed by atoms with E-state index in [4.69, 9.17) is 0 Å². The summed E-state index contributed by atoms with van der Waals surface area (Å²) < 4.78 is 0. The highest BCUT2D eigenvalue weighted by Crippen LogP contribution is 2.50. The van der Waals surface area contributed by atoms with E-state index in [2.05, 4.69) is 65.3 Å². The zero-order chi connectivity index (χ0) is 17.4. The number of allylic oxidation sites excluding steroid dienone is 2. The number of hydrogen-bond donors (Lipinski definition) is 2. The largest absolute Gasteiger partial charge is 0.378 e. The molecular weight excluding hydrogens is 308 g/mol. The average molecular weight is 332 g/mol. The van der Waals surface area contributed by atoms with Gasteiger partial charge in [-0.2, -0.15) is 0 Å². The molecule has 0 saturated carbocycles. The van der Waals surface area contributed by atoms with Crippen molar-refractivity contribution in [2.75, 3.05) is 10.6 Å². The summed E-state index contributed by atoms with van der Waals surface area (Å²) >= 11 is 0. The van der Waals surface area contributed by atoms with Crippen LogP contribution in [-0.2, 0) is 4.79 Å². The third-order valence-corrected chi connectivity index (χ3v) is 5.31. The van der Waals surface area contributed by atoms with Gasteiger partial charge in [-0.3, -0.25) is 4.79 Å². The van der Waals surface area contributed by atoms with Gasteiger partial charge in [0.25, 0.3) is 0 Å². The third kappa shape index (κ3) is 2.95. The first-order chi connectivity index (χ1) is 12.1. The number of carbonyl (C=O) groups excluding carboxylic acids is 1. The van der Waals surface area contributed by atoms with Gasteiger partial charge in [0.1, 0.15) is 0 Å². The molecule has 2 aromatic rings. The predicted octanol–water partition coefficient (Wildman–Crippen LogP) is 5.11. The van der Waals surface area contributed by atoms with Crippen LogP contribution in [0.15, 0.2) is 60.7 Å². The molecular formula is C22H24N2O. The fourth-order valence-electron chi connectivity index (χ4n) is 3.95. The topological polar surface area (TPSA) is 41.1 Å². The first-order valence-corrected chi connectivity index (χ1v) is 9.06. The monoisotopic (exact) mass is 332 g/mol. The van der Waals surface area contributed by atoms with Crippen molar-refractivity contribution in [3.8, 4) is 0 Å². The lowest BCUT2D eigenvalue weighted by Gasteiger charge is -2.37. The molecule has 128 valence electrons. The second kappa shape index (κ2) is 6.40. The van der Waals surface area contributed by atoms with E-state index in [0.717, 1.165) is 12.1 Å². The van der Waals surface area contributed by atoms with Crippen LogP contribution in [0.4, 0.5) is 11.4 Å². The van der Waals surface area contributed by atoms with Crippen LogP contribution >= 0.6 is 0 Å². The lowest BCUT2D eigenvalue weighted by atomic mass is 9.77. The Morgan fingerprint density at radius 2 is 1.96 bits per heavy atom. The first kappa shape index (κ1) is 15.9. The third-order valence-electron chi connectivity index (χ3n) is 5.31. The van der Waals surface area contributed by atoms with Gasteiger partial charge in [-0.25, -0.2) is 0 Å². The minimum Gasteiger partial charge on any atom is -0.378 e. The van der Waals surface area contributed by atoms with Crippen molar-refractivity contribution >= 4 is 17.3 Å². The van der Waals surface area contributed by atoms with Crippen molar-refractivity contribution in [2.24, 2.45) is 11.8 Å². The predicted molar refractivity (Wildman–Crippen MR) is 103 cm³/mol. The van der Waals surface area contributed by atoms with E-state index in [1.54, 1.807) is 0 Å². The lowest BCUT2D eigenvalue weighted by Crippen LogP contribution is -2.29. The second-order valence-corrected chi connectivity index (χ2v) is 7.33. The van der Waals surface area contributed by atoms with E-state index in [9.17, 15) is 4.79 Å². The van der Waals surface area contributed by atoms with Gasteiger partial charge >= 0.3 is 0 Å². The molecule has 0 bridgehead atoms. The van der Waals surface area contributed by atoms with Crippen LogP contribution < -0.4 is 10.6 Å². The molecule has 1 heterocycles. The summed E-state index contributed by atoms with van der Waals surface area (Å²) in [4.78, 5) is 12.0. The summed E-state index contributed by atoms with van der Waals surface area (Å²) in [6.07, 6.45) is 5.70. The Kier molecular flexibility index (Phi) is 4.08. The maximum Gasteiger partial charge on any atom is 0.226 e. The van der Waals surface area contributed by atoms with Crippen molar-refractivity contribution in [1.82, 2.24) is 0 Å². The Labute approximate surface area is 149 Å². The van der Waals surface area contributed by atoms with Crippen LogP contribution in [0.25, 0.3) is 0 Å². The Balaban J connectivity index is 1.67. The van der Waals surface area contributed by atoms with Crippen LogP contribution in [0, 0.1) is 11.8 Å². The molecule has 25 heavy (non-hydrogen) atoms. The quantitative estimate of drug-likeness (QED) is 0.767. The second-order valence-electron chi connectivity index (χ2n) is 7.33. The van der Waals surface area contributed by atoms with Crippen molar-refractivity contribution in [3.05, 3.63) is 71.8 Å². The van der Waals surface area contributed by atoms with Crippen LogP contribution in [-0.4, -0.2) is 5.91 Å². The number of fused-ring (bicyclic) bond motifs is 3. The van der Waals surface area contributed by atoms with E-state index in [0.29, 0.717) is 17.9 Å². The molecule has 1 aliphatic carbocycles. The summed E-state index contributed by atoms with van der Waals surface area (Å²) in [5.74, 6) is 0.962. The highest BCUT2D eigenvalue weighted by atomic mass is 16.1. The minimum absolute atomic E-state index is 0.0178. The van der Waals surface area contributed by atoms with Gasteiger partial charge in [0.15, 0.2) is 0 Å². The number of hydrogen-bond acceptors (Lipinski definition) is 2. The van der Waals surface area contributed by atoms with Crippen molar-refractivity contribution < 1.29 is 4.79 Å². The molecule has 1 amide bonds. The molecule has 2 aliphatic rings. The molecule has 0 radical (unpaired) electrons. The van der Waals surface area contributed by atoms with Gasteiger partial charge in [0.2, 0.25) is 5.91 Å². The fraction of sp³-hybridized carbons (Fsp3) is 0.318. The van der Waals surface area contributed by atoms with Gasteiger partial charge in [-0.1, -0.05) is 56.3 Å². The Morgan fingerprint density at radius 1 is 1.16 bits per heavy atom. The number of anilines is 2. The van der Waals surface area contributed by atoms with Crippen LogP contribution in [0.2, 0.25) is 0 Å². The van der Waals surface area contributed by atoms with Crippen LogP contribution in [0.3, 0.4) is 0 Å². The van der Waals surface area contributed by atoms with Crippen molar-refractivity contribution in [1.29, 1.82) is 0 Å². The van der Waals surface area contributed by atoms with Crippen molar-refractivity contribution in [3.63, 3.8) is 0 Å². The number of amides is 1. The number of benzene rings is 2. The lowest BCUT2D eigenvalue weighted by molar-refractivity contribution is -0.118. The normalized spacial score (nSPS) is 23.7. The summed E-state index contributed by atoms with van der Waals surface area (Å²) in [7, 11) is 0. The van der Waals surface area contributed by atoms with Crippen LogP contribution in [0.1, 0.15) is 43.4 Å². The molecule has 0 spiro atoms. The maximum absolute atomic E-state index is 12.0. The molecule has 0 fully saturated rings. The molecule has 3 heteroatoms. The van der Waals surface area contributed by atoms with Gasteiger partial charge in [0, 0.05) is 23.2 Å². The number of carbonyl (C=O) groups is 1. The molecule has 4 rings (SSSR count). The summed E-state index contributed by atoms with van der Waals surface area (Å²) in [5.41, 5.74) is 4.68. The fourth-order valence-corrected chi connectivity index (χ4v) is 3.95. The standard InChI is InChI=1S/C22H24N2O/c1-14(2)22(25)23-16-11-12-20-19(13-16)17-9-6-10-18(17)21(24-20)15-7-4-3-5-8-15/h3-9,11-14,17-18,21,24H,10H2,1-2H3,(H,23,25). The van der Waals surface area contributed by atoms with E-state index in [1.807, 2.05) is 19.9 Å². The molecule has 0 aromatic heterocycles. The van der Waals surface area contributed by atoms with Crippen LogP contribution in [0.5, 0.6) is 0 Å².